The van der Waals surface area contributed by atoms with Crippen LogP contribution in [-0.2, 0) is 10.5 Å². The summed E-state index contributed by atoms with van der Waals surface area (Å²) in [5.41, 5.74) is 4.18. The minimum absolute atomic E-state index is 0.276. The molecule has 0 unspecified atom stereocenters. The van der Waals surface area contributed by atoms with Gasteiger partial charge in [-0.3, -0.25) is 0 Å². The van der Waals surface area contributed by atoms with E-state index in [1.807, 2.05) is 24.3 Å². The number of benzene rings is 2. The van der Waals surface area contributed by atoms with Gasteiger partial charge in [0.2, 0.25) is 0 Å². The first-order valence-electron chi connectivity index (χ1n) is 6.48. The first-order chi connectivity index (χ1) is 9.61. The van der Waals surface area contributed by atoms with Gasteiger partial charge in [-0.05, 0) is 37.1 Å². The summed E-state index contributed by atoms with van der Waals surface area (Å²) >= 11 is 1.74. The Hall–Kier alpha value is -1.74. The molecule has 0 bridgehead atoms. The molecule has 104 valence electrons. The molecular formula is C17H18O2S. The molecule has 2 rings (SSSR count). The highest BCUT2D eigenvalue weighted by atomic mass is 32.2. The zero-order chi connectivity index (χ0) is 14.5. The van der Waals surface area contributed by atoms with Crippen molar-refractivity contribution in [1.82, 2.24) is 0 Å². The summed E-state index contributed by atoms with van der Waals surface area (Å²) < 4.78 is 4.82. The van der Waals surface area contributed by atoms with Gasteiger partial charge in [0, 0.05) is 10.6 Å². The van der Waals surface area contributed by atoms with Crippen LogP contribution in [0.2, 0.25) is 0 Å². The standard InChI is InChI=1S/C17H18O2S/c1-12-8-9-16(13(2)10-12)20-11-14-6-4-5-7-15(14)17(18)19-3/h4-10H,11H2,1-3H3. The summed E-state index contributed by atoms with van der Waals surface area (Å²) in [5, 5.41) is 0. The summed E-state index contributed by atoms with van der Waals surface area (Å²) in [6, 6.07) is 14.0. The number of aryl methyl sites for hydroxylation is 2. The van der Waals surface area contributed by atoms with E-state index in [2.05, 4.69) is 32.0 Å². The molecule has 0 aromatic heterocycles. The molecule has 2 aromatic rings. The van der Waals surface area contributed by atoms with Crippen LogP contribution < -0.4 is 0 Å². The van der Waals surface area contributed by atoms with Gasteiger partial charge in [0.1, 0.15) is 0 Å². The van der Waals surface area contributed by atoms with Crippen molar-refractivity contribution in [2.24, 2.45) is 0 Å². The van der Waals surface area contributed by atoms with Crippen molar-refractivity contribution in [3.05, 3.63) is 64.7 Å². The fourth-order valence-electron chi connectivity index (χ4n) is 2.07. The van der Waals surface area contributed by atoms with Crippen LogP contribution in [0.3, 0.4) is 0 Å². The Morgan fingerprint density at radius 1 is 1.15 bits per heavy atom. The van der Waals surface area contributed by atoms with Crippen molar-refractivity contribution in [1.29, 1.82) is 0 Å². The third-order valence-corrected chi connectivity index (χ3v) is 4.36. The summed E-state index contributed by atoms with van der Waals surface area (Å²) in [6.07, 6.45) is 0. The van der Waals surface area contributed by atoms with Gasteiger partial charge in [0.15, 0.2) is 0 Å². The average Bonchev–Trinajstić information content (AvgIpc) is 2.46. The SMILES string of the molecule is COC(=O)c1ccccc1CSc1ccc(C)cc1C. The number of carbonyl (C=O) groups excluding carboxylic acids is 1. The van der Waals surface area contributed by atoms with Gasteiger partial charge in [-0.25, -0.2) is 4.79 Å². The highest BCUT2D eigenvalue weighted by Crippen LogP contribution is 2.28. The Labute approximate surface area is 124 Å². The molecule has 3 heteroatoms. The van der Waals surface area contributed by atoms with Gasteiger partial charge in [-0.15, -0.1) is 11.8 Å². The molecule has 0 fully saturated rings. The lowest BCUT2D eigenvalue weighted by atomic mass is 10.1. The molecule has 2 nitrogen and oxygen atoms in total. The van der Waals surface area contributed by atoms with Crippen LogP contribution in [0.1, 0.15) is 27.0 Å². The number of rotatable bonds is 4. The quantitative estimate of drug-likeness (QED) is 0.616. The van der Waals surface area contributed by atoms with E-state index in [-0.39, 0.29) is 5.97 Å². The Morgan fingerprint density at radius 2 is 1.90 bits per heavy atom. The summed E-state index contributed by atoms with van der Waals surface area (Å²) in [7, 11) is 1.41. The van der Waals surface area contributed by atoms with Crippen molar-refractivity contribution in [2.45, 2.75) is 24.5 Å². The highest BCUT2D eigenvalue weighted by Gasteiger charge is 2.11. The predicted molar refractivity (Wildman–Crippen MR) is 83.3 cm³/mol. The Kier molecular flexibility index (Phi) is 4.85. The van der Waals surface area contributed by atoms with Gasteiger partial charge in [-0.2, -0.15) is 0 Å². The van der Waals surface area contributed by atoms with E-state index in [1.165, 1.54) is 23.1 Å². The first kappa shape index (κ1) is 14.7. The van der Waals surface area contributed by atoms with E-state index in [0.29, 0.717) is 5.56 Å². The minimum Gasteiger partial charge on any atom is -0.465 e. The van der Waals surface area contributed by atoms with Crippen LogP contribution >= 0.6 is 11.8 Å². The zero-order valence-corrected chi connectivity index (χ0v) is 12.8. The van der Waals surface area contributed by atoms with Crippen LogP contribution in [-0.4, -0.2) is 13.1 Å². The van der Waals surface area contributed by atoms with Crippen molar-refractivity contribution in [3.63, 3.8) is 0 Å². The third kappa shape index (κ3) is 3.42. The van der Waals surface area contributed by atoms with Crippen molar-refractivity contribution >= 4 is 17.7 Å². The molecule has 0 amide bonds. The fraction of sp³-hybridized carbons (Fsp3) is 0.235. The zero-order valence-electron chi connectivity index (χ0n) is 12.0. The van der Waals surface area contributed by atoms with Crippen LogP contribution in [0, 0.1) is 13.8 Å². The maximum Gasteiger partial charge on any atom is 0.338 e. The average molecular weight is 286 g/mol. The fourth-order valence-corrected chi connectivity index (χ4v) is 3.09. The summed E-state index contributed by atoms with van der Waals surface area (Å²) in [6.45, 7) is 4.20. The topological polar surface area (TPSA) is 26.3 Å². The van der Waals surface area contributed by atoms with Crippen LogP contribution in [0.4, 0.5) is 0 Å². The minimum atomic E-state index is -0.276. The Balaban J connectivity index is 2.17. The molecule has 2 aromatic carbocycles. The van der Waals surface area contributed by atoms with Gasteiger partial charge < -0.3 is 4.74 Å². The maximum absolute atomic E-state index is 11.7. The Bertz CT molecular complexity index is 620. The predicted octanol–water partition coefficient (Wildman–Crippen LogP) is 4.38. The normalized spacial score (nSPS) is 10.3. The molecule has 0 saturated carbocycles. The molecule has 0 heterocycles. The summed E-state index contributed by atoms with van der Waals surface area (Å²) in [4.78, 5) is 13.0. The number of esters is 1. The van der Waals surface area contributed by atoms with Gasteiger partial charge in [0.05, 0.1) is 12.7 Å². The number of methoxy groups -OCH3 is 1. The number of hydrogen-bond donors (Lipinski definition) is 0. The second-order valence-corrected chi connectivity index (χ2v) is 5.72. The molecular weight excluding hydrogens is 268 g/mol. The molecule has 20 heavy (non-hydrogen) atoms. The van der Waals surface area contributed by atoms with Crippen LogP contribution in [0.5, 0.6) is 0 Å². The van der Waals surface area contributed by atoms with E-state index < -0.39 is 0 Å². The van der Waals surface area contributed by atoms with E-state index in [1.54, 1.807) is 11.8 Å². The van der Waals surface area contributed by atoms with E-state index in [9.17, 15) is 4.79 Å². The Morgan fingerprint density at radius 3 is 2.60 bits per heavy atom. The number of thioether (sulfide) groups is 1. The van der Waals surface area contributed by atoms with Gasteiger partial charge in [-0.1, -0.05) is 35.9 Å². The van der Waals surface area contributed by atoms with Gasteiger partial charge in [0.25, 0.3) is 0 Å². The molecule has 0 spiro atoms. The van der Waals surface area contributed by atoms with Crippen LogP contribution in [0.25, 0.3) is 0 Å². The maximum atomic E-state index is 11.7. The highest BCUT2D eigenvalue weighted by molar-refractivity contribution is 7.98. The smallest absolute Gasteiger partial charge is 0.338 e. The van der Waals surface area contributed by atoms with Gasteiger partial charge >= 0.3 is 5.97 Å². The molecule has 0 aliphatic heterocycles. The first-order valence-corrected chi connectivity index (χ1v) is 7.46. The van der Waals surface area contributed by atoms with E-state index in [0.717, 1.165) is 11.3 Å². The number of carbonyl (C=O) groups is 1. The van der Waals surface area contributed by atoms with E-state index in [4.69, 9.17) is 4.74 Å². The molecule has 0 aliphatic rings. The third-order valence-electron chi connectivity index (χ3n) is 3.14. The number of hydrogen-bond acceptors (Lipinski definition) is 3. The molecule has 0 N–H and O–H groups in total. The lowest BCUT2D eigenvalue weighted by Gasteiger charge is -2.09. The van der Waals surface area contributed by atoms with E-state index >= 15 is 0 Å². The summed E-state index contributed by atoms with van der Waals surface area (Å²) in [5.74, 6) is 0.483. The molecule has 0 aliphatic carbocycles. The lowest BCUT2D eigenvalue weighted by Crippen LogP contribution is -2.04. The van der Waals surface area contributed by atoms with Crippen molar-refractivity contribution in [3.8, 4) is 0 Å². The molecule has 0 atom stereocenters. The second kappa shape index (κ2) is 6.62. The monoisotopic (exact) mass is 286 g/mol. The number of ether oxygens (including phenoxy) is 1. The molecule has 0 saturated heterocycles. The van der Waals surface area contributed by atoms with Crippen molar-refractivity contribution < 1.29 is 9.53 Å². The van der Waals surface area contributed by atoms with Crippen molar-refractivity contribution in [2.75, 3.05) is 7.11 Å². The second-order valence-electron chi connectivity index (χ2n) is 4.71. The largest absolute Gasteiger partial charge is 0.465 e. The van der Waals surface area contributed by atoms with Crippen LogP contribution in [0.15, 0.2) is 47.4 Å². The lowest BCUT2D eigenvalue weighted by molar-refractivity contribution is 0.0600. The molecule has 0 radical (unpaired) electrons.